The highest BCUT2D eigenvalue weighted by atomic mass is 35.5. The maximum atomic E-state index is 6.06. The molecule has 2 aliphatic rings. The first-order valence-corrected chi connectivity index (χ1v) is 7.84. The second kappa shape index (κ2) is 5.82. The molecule has 19 heavy (non-hydrogen) atoms. The van der Waals surface area contributed by atoms with E-state index in [0.717, 1.165) is 17.9 Å². The molecule has 1 aromatic rings. The molecule has 0 amide bonds. The Kier molecular flexibility index (Phi) is 4.11. The number of hydrogen-bond acceptors (Lipinski definition) is 2. The lowest BCUT2D eigenvalue weighted by Gasteiger charge is -2.24. The highest BCUT2D eigenvalue weighted by Gasteiger charge is 2.23. The molecule has 1 fully saturated rings. The molecule has 1 N–H and O–H groups in total. The van der Waals surface area contributed by atoms with Gasteiger partial charge in [-0.05, 0) is 69.0 Å². The van der Waals surface area contributed by atoms with Crippen molar-refractivity contribution in [3.8, 4) is 0 Å². The van der Waals surface area contributed by atoms with E-state index in [1.807, 2.05) is 6.07 Å². The second-order valence-corrected chi connectivity index (χ2v) is 6.53. The van der Waals surface area contributed by atoms with E-state index in [-0.39, 0.29) is 0 Å². The average Bonchev–Trinajstić information content (AvgIpc) is 2.97. The number of nitrogens with zero attached hydrogens (tertiary/aromatic N) is 1. The predicted molar refractivity (Wildman–Crippen MR) is 80.9 cm³/mol. The zero-order chi connectivity index (χ0) is 13.2. The molecule has 1 aliphatic heterocycles. The molecule has 3 heteroatoms. The Morgan fingerprint density at radius 2 is 2.00 bits per heavy atom. The predicted octanol–water partition coefficient (Wildman–Crippen LogP) is 2.88. The van der Waals surface area contributed by atoms with Gasteiger partial charge in [-0.25, -0.2) is 0 Å². The molecule has 0 spiro atoms. The Bertz CT molecular complexity index is 440. The summed E-state index contributed by atoms with van der Waals surface area (Å²) in [4.78, 5) is 2.58. The van der Waals surface area contributed by atoms with Crippen molar-refractivity contribution in [2.24, 2.45) is 0 Å². The molecule has 3 rings (SSSR count). The van der Waals surface area contributed by atoms with Crippen molar-refractivity contribution in [3.05, 3.63) is 34.3 Å². The number of likely N-dealkylation sites (tertiary alicyclic amines) is 1. The van der Waals surface area contributed by atoms with E-state index in [4.69, 9.17) is 11.6 Å². The van der Waals surface area contributed by atoms with Crippen LogP contribution in [0.2, 0.25) is 5.02 Å². The van der Waals surface area contributed by atoms with Crippen LogP contribution in [-0.4, -0.2) is 36.6 Å². The molecule has 0 bridgehead atoms. The largest absolute Gasteiger partial charge is 0.310 e. The van der Waals surface area contributed by atoms with Crippen LogP contribution in [0.1, 0.15) is 30.9 Å². The maximum Gasteiger partial charge on any atom is 0.0408 e. The molecule has 0 radical (unpaired) electrons. The molecular formula is C16H23ClN2. The molecule has 2 atom stereocenters. The molecule has 1 saturated heterocycles. The third kappa shape index (κ3) is 3.31. The summed E-state index contributed by atoms with van der Waals surface area (Å²) in [7, 11) is 0. The number of halogens is 1. The average molecular weight is 279 g/mol. The Morgan fingerprint density at radius 3 is 2.79 bits per heavy atom. The number of benzene rings is 1. The van der Waals surface area contributed by atoms with Crippen LogP contribution >= 0.6 is 11.6 Å². The van der Waals surface area contributed by atoms with Gasteiger partial charge in [0.15, 0.2) is 0 Å². The van der Waals surface area contributed by atoms with Crippen molar-refractivity contribution >= 4 is 11.6 Å². The fraction of sp³-hybridized carbons (Fsp3) is 0.625. The molecular weight excluding hydrogens is 256 g/mol. The monoisotopic (exact) mass is 278 g/mol. The van der Waals surface area contributed by atoms with Crippen LogP contribution in [0.25, 0.3) is 0 Å². The lowest BCUT2D eigenvalue weighted by Crippen LogP contribution is -2.43. The van der Waals surface area contributed by atoms with Crippen LogP contribution in [0.5, 0.6) is 0 Å². The van der Waals surface area contributed by atoms with Crippen molar-refractivity contribution in [1.29, 1.82) is 0 Å². The van der Waals surface area contributed by atoms with Gasteiger partial charge in [-0.2, -0.15) is 0 Å². The van der Waals surface area contributed by atoms with E-state index in [1.54, 1.807) is 0 Å². The van der Waals surface area contributed by atoms with E-state index < -0.39 is 0 Å². The van der Waals surface area contributed by atoms with Crippen molar-refractivity contribution in [1.82, 2.24) is 10.2 Å². The minimum Gasteiger partial charge on any atom is -0.310 e. The number of fused-ring (bicyclic) bond motifs is 1. The molecule has 0 aromatic heterocycles. The molecule has 104 valence electrons. The van der Waals surface area contributed by atoms with Crippen LogP contribution in [0, 0.1) is 0 Å². The Morgan fingerprint density at radius 1 is 1.26 bits per heavy atom. The number of hydrogen-bond donors (Lipinski definition) is 1. The van der Waals surface area contributed by atoms with Gasteiger partial charge in [0.1, 0.15) is 0 Å². The van der Waals surface area contributed by atoms with Gasteiger partial charge in [0, 0.05) is 23.7 Å². The minimum absolute atomic E-state index is 0.577. The first-order chi connectivity index (χ1) is 9.20. The quantitative estimate of drug-likeness (QED) is 0.911. The standard InChI is InChI=1S/C16H23ClN2/c1-12(11-19-6-2-3-7-19)18-16-9-13-4-5-15(17)8-14(13)10-16/h4-5,8,12,16,18H,2-3,6-7,9-11H2,1H3. The summed E-state index contributed by atoms with van der Waals surface area (Å²) >= 11 is 6.06. The van der Waals surface area contributed by atoms with Crippen LogP contribution in [0.3, 0.4) is 0 Å². The van der Waals surface area contributed by atoms with E-state index in [2.05, 4.69) is 29.3 Å². The van der Waals surface area contributed by atoms with Crippen LogP contribution in [0.4, 0.5) is 0 Å². The fourth-order valence-electron chi connectivity index (χ4n) is 3.51. The molecule has 2 unspecified atom stereocenters. The second-order valence-electron chi connectivity index (χ2n) is 6.09. The van der Waals surface area contributed by atoms with Gasteiger partial charge in [-0.1, -0.05) is 17.7 Å². The van der Waals surface area contributed by atoms with E-state index >= 15 is 0 Å². The van der Waals surface area contributed by atoms with Crippen LogP contribution in [0.15, 0.2) is 18.2 Å². The fourth-order valence-corrected chi connectivity index (χ4v) is 3.71. The molecule has 1 aliphatic carbocycles. The zero-order valence-electron chi connectivity index (χ0n) is 11.7. The first-order valence-electron chi connectivity index (χ1n) is 7.46. The topological polar surface area (TPSA) is 15.3 Å². The Labute approximate surface area is 121 Å². The molecule has 2 nitrogen and oxygen atoms in total. The van der Waals surface area contributed by atoms with Gasteiger partial charge in [0.05, 0.1) is 0 Å². The number of rotatable bonds is 4. The van der Waals surface area contributed by atoms with Crippen LogP contribution in [-0.2, 0) is 12.8 Å². The SMILES string of the molecule is CC(CN1CCCC1)NC1Cc2ccc(Cl)cc2C1. The highest BCUT2D eigenvalue weighted by molar-refractivity contribution is 6.30. The zero-order valence-corrected chi connectivity index (χ0v) is 12.4. The summed E-state index contributed by atoms with van der Waals surface area (Å²) < 4.78 is 0. The third-order valence-electron chi connectivity index (χ3n) is 4.35. The van der Waals surface area contributed by atoms with Crippen molar-refractivity contribution in [2.45, 2.75) is 44.7 Å². The van der Waals surface area contributed by atoms with E-state index in [9.17, 15) is 0 Å². The molecule has 1 aromatic carbocycles. The normalized spacial score (nSPS) is 24.6. The van der Waals surface area contributed by atoms with Gasteiger partial charge < -0.3 is 10.2 Å². The van der Waals surface area contributed by atoms with Gasteiger partial charge in [0.25, 0.3) is 0 Å². The summed E-state index contributed by atoms with van der Waals surface area (Å²) in [6.07, 6.45) is 5.03. The van der Waals surface area contributed by atoms with Crippen molar-refractivity contribution < 1.29 is 0 Å². The summed E-state index contributed by atoms with van der Waals surface area (Å²) in [5, 5.41) is 4.65. The Hall–Kier alpha value is -0.570. The van der Waals surface area contributed by atoms with Crippen molar-refractivity contribution in [2.75, 3.05) is 19.6 Å². The van der Waals surface area contributed by atoms with Gasteiger partial charge in [0.2, 0.25) is 0 Å². The number of nitrogens with one attached hydrogen (secondary N) is 1. The highest BCUT2D eigenvalue weighted by Crippen LogP contribution is 2.25. The first kappa shape index (κ1) is 13.4. The molecule has 0 saturated carbocycles. The lowest BCUT2D eigenvalue weighted by atomic mass is 10.1. The van der Waals surface area contributed by atoms with Gasteiger partial charge >= 0.3 is 0 Å². The minimum atomic E-state index is 0.577. The maximum absolute atomic E-state index is 6.06. The van der Waals surface area contributed by atoms with Crippen LogP contribution < -0.4 is 5.32 Å². The third-order valence-corrected chi connectivity index (χ3v) is 4.59. The van der Waals surface area contributed by atoms with E-state index in [0.29, 0.717) is 12.1 Å². The van der Waals surface area contributed by atoms with E-state index in [1.165, 1.54) is 43.6 Å². The summed E-state index contributed by atoms with van der Waals surface area (Å²) in [5.41, 5.74) is 2.90. The summed E-state index contributed by atoms with van der Waals surface area (Å²) in [6, 6.07) is 7.49. The van der Waals surface area contributed by atoms with Gasteiger partial charge in [-0.15, -0.1) is 0 Å². The summed E-state index contributed by atoms with van der Waals surface area (Å²) in [6.45, 7) is 6.07. The summed E-state index contributed by atoms with van der Waals surface area (Å²) in [5.74, 6) is 0. The lowest BCUT2D eigenvalue weighted by molar-refractivity contribution is 0.286. The smallest absolute Gasteiger partial charge is 0.0408 e. The molecule has 1 heterocycles. The van der Waals surface area contributed by atoms with Crippen molar-refractivity contribution in [3.63, 3.8) is 0 Å². The Balaban J connectivity index is 1.52. The van der Waals surface area contributed by atoms with Gasteiger partial charge in [-0.3, -0.25) is 0 Å².